The number of hydrogen-bond donors (Lipinski definition) is 2. The minimum absolute atomic E-state index is 0. The number of fused-ring (bicyclic) bond motifs is 1. The highest BCUT2D eigenvalue weighted by Crippen LogP contribution is 2.29. The van der Waals surface area contributed by atoms with E-state index in [4.69, 9.17) is 5.73 Å². The van der Waals surface area contributed by atoms with Crippen molar-refractivity contribution in [3.63, 3.8) is 0 Å². The Morgan fingerprint density at radius 1 is 1.13 bits per heavy atom. The predicted octanol–water partition coefficient (Wildman–Crippen LogP) is 4.09. The third kappa shape index (κ3) is 4.53. The molecule has 30 heavy (non-hydrogen) atoms. The number of halogens is 3. The fourth-order valence-electron chi connectivity index (χ4n) is 2.99. The summed E-state index contributed by atoms with van der Waals surface area (Å²) in [6.07, 6.45) is 1.64. The molecule has 0 amide bonds. The fourth-order valence-corrected chi connectivity index (χ4v) is 2.99. The van der Waals surface area contributed by atoms with Gasteiger partial charge in [-0.2, -0.15) is 0 Å². The number of nitrogens with zero attached hydrogens (tertiary/aromatic N) is 4. The van der Waals surface area contributed by atoms with E-state index in [1.165, 1.54) is 0 Å². The van der Waals surface area contributed by atoms with E-state index >= 15 is 0 Å². The highest BCUT2D eigenvalue weighted by molar-refractivity contribution is 5.86. The van der Waals surface area contributed by atoms with Crippen LogP contribution >= 0.6 is 12.4 Å². The molecule has 0 radical (unpaired) electrons. The van der Waals surface area contributed by atoms with Crippen molar-refractivity contribution in [3.8, 4) is 23.2 Å². The average Bonchev–Trinajstić information content (AvgIpc) is 3.07. The summed E-state index contributed by atoms with van der Waals surface area (Å²) in [5.41, 5.74) is 5.63. The van der Waals surface area contributed by atoms with Gasteiger partial charge in [0.15, 0.2) is 17.0 Å². The highest BCUT2D eigenvalue weighted by Gasteiger charge is 2.21. The van der Waals surface area contributed by atoms with Crippen LogP contribution in [0.1, 0.15) is 45.9 Å². The Morgan fingerprint density at radius 3 is 2.47 bits per heavy atom. The van der Waals surface area contributed by atoms with Crippen LogP contribution < -0.4 is 5.73 Å². The van der Waals surface area contributed by atoms with Gasteiger partial charge < -0.3 is 15.4 Å². The van der Waals surface area contributed by atoms with Gasteiger partial charge in [-0.3, -0.25) is 0 Å². The Morgan fingerprint density at radius 2 is 1.83 bits per heavy atom. The smallest absolute Gasteiger partial charge is 0.209 e. The van der Waals surface area contributed by atoms with Crippen molar-refractivity contribution in [3.05, 3.63) is 35.7 Å². The third-order valence-corrected chi connectivity index (χ3v) is 4.81. The van der Waals surface area contributed by atoms with Crippen molar-refractivity contribution < 1.29 is 13.9 Å². The SMILES string of the molecule is CCCn1c(-c2cc(F)ccc2F)nc2c(N)nc(C#CC(O)(CC)CC)nc21.Cl. The zero-order valence-corrected chi connectivity index (χ0v) is 17.9. The summed E-state index contributed by atoms with van der Waals surface area (Å²) in [6.45, 7) is 6.10. The number of aliphatic hydroxyl groups is 1. The number of hydrogen-bond acceptors (Lipinski definition) is 5. The minimum atomic E-state index is -1.13. The van der Waals surface area contributed by atoms with Gasteiger partial charge in [0.2, 0.25) is 5.82 Å². The largest absolute Gasteiger partial charge is 0.382 e. The molecule has 0 saturated carbocycles. The molecule has 0 aliphatic rings. The molecule has 3 N–H and O–H groups in total. The van der Waals surface area contributed by atoms with Crippen LogP contribution in [0.4, 0.5) is 14.6 Å². The maximum atomic E-state index is 14.4. The molecule has 1 aromatic carbocycles. The molecule has 0 unspecified atom stereocenters. The van der Waals surface area contributed by atoms with Crippen molar-refractivity contribution in [2.45, 2.75) is 52.2 Å². The van der Waals surface area contributed by atoms with E-state index in [0.29, 0.717) is 37.0 Å². The van der Waals surface area contributed by atoms with Crippen LogP contribution in [-0.4, -0.2) is 30.2 Å². The molecule has 3 rings (SSSR count). The van der Waals surface area contributed by atoms with Gasteiger partial charge in [0.05, 0.1) is 5.56 Å². The van der Waals surface area contributed by atoms with Gasteiger partial charge in [-0.05, 0) is 43.4 Å². The Labute approximate surface area is 180 Å². The number of benzene rings is 1. The number of aromatic nitrogens is 4. The molecule has 0 fully saturated rings. The molecule has 160 valence electrons. The van der Waals surface area contributed by atoms with Gasteiger partial charge in [0.25, 0.3) is 0 Å². The van der Waals surface area contributed by atoms with Crippen molar-refractivity contribution in [2.75, 3.05) is 5.73 Å². The summed E-state index contributed by atoms with van der Waals surface area (Å²) in [5.74, 6) is 4.86. The van der Waals surface area contributed by atoms with Crippen LogP contribution in [0.25, 0.3) is 22.6 Å². The molecular weight excluding hydrogens is 412 g/mol. The van der Waals surface area contributed by atoms with Crippen molar-refractivity contribution >= 4 is 29.4 Å². The van der Waals surface area contributed by atoms with Gasteiger partial charge in [-0.25, -0.2) is 23.7 Å². The number of imidazole rings is 1. The van der Waals surface area contributed by atoms with E-state index in [1.54, 1.807) is 4.57 Å². The second kappa shape index (κ2) is 9.37. The molecule has 0 bridgehead atoms. The van der Waals surface area contributed by atoms with Crippen molar-refractivity contribution in [1.29, 1.82) is 0 Å². The molecule has 0 aliphatic carbocycles. The Hall–Kier alpha value is -2.76. The lowest BCUT2D eigenvalue weighted by Gasteiger charge is -2.16. The second-order valence-corrected chi connectivity index (χ2v) is 6.80. The Bertz CT molecular complexity index is 1120. The predicted molar refractivity (Wildman–Crippen MR) is 115 cm³/mol. The van der Waals surface area contributed by atoms with Gasteiger partial charge in [0, 0.05) is 6.54 Å². The van der Waals surface area contributed by atoms with Crippen molar-refractivity contribution in [1.82, 2.24) is 19.5 Å². The number of aryl methyl sites for hydroxylation is 1. The average molecular weight is 436 g/mol. The van der Waals surface area contributed by atoms with Crippen molar-refractivity contribution in [2.24, 2.45) is 0 Å². The number of nitrogen functional groups attached to an aromatic ring is 1. The van der Waals surface area contributed by atoms with Gasteiger partial charge in [0.1, 0.15) is 23.1 Å². The third-order valence-electron chi connectivity index (χ3n) is 4.81. The summed E-state index contributed by atoms with van der Waals surface area (Å²) >= 11 is 0. The van der Waals surface area contributed by atoms with E-state index in [-0.39, 0.29) is 35.4 Å². The maximum absolute atomic E-state index is 14.4. The quantitative estimate of drug-likeness (QED) is 0.589. The van der Waals surface area contributed by atoms with E-state index in [9.17, 15) is 13.9 Å². The standard InChI is InChI=1S/C21H23F2N5O.ClH/c1-4-11-28-19(14-12-13(22)7-8-15(14)23)27-17-18(24)25-16(26-20(17)28)9-10-21(29,5-2)6-3;/h7-8,12,29H,4-6,11H2,1-3H3,(H2,24,25,26);1H. The Kier molecular flexibility index (Phi) is 7.34. The first-order valence-corrected chi connectivity index (χ1v) is 9.56. The first-order valence-electron chi connectivity index (χ1n) is 9.56. The van der Waals surface area contributed by atoms with Crippen LogP contribution in [0.3, 0.4) is 0 Å². The molecular formula is C21H24ClF2N5O. The Balaban J connectivity index is 0.00000320. The fraction of sp³-hybridized carbons (Fsp3) is 0.381. The van der Waals surface area contributed by atoms with E-state index in [2.05, 4.69) is 26.8 Å². The molecule has 3 aromatic rings. The van der Waals surface area contributed by atoms with Crippen LogP contribution in [0.2, 0.25) is 0 Å². The molecule has 0 aliphatic heterocycles. The van der Waals surface area contributed by atoms with Crippen LogP contribution in [0.15, 0.2) is 18.2 Å². The topological polar surface area (TPSA) is 89.9 Å². The lowest BCUT2D eigenvalue weighted by molar-refractivity contribution is 0.0931. The zero-order chi connectivity index (χ0) is 21.2. The normalized spacial score (nSPS) is 11.1. The van der Waals surface area contributed by atoms with Crippen LogP contribution in [0.5, 0.6) is 0 Å². The van der Waals surface area contributed by atoms with Crippen LogP contribution in [0, 0.1) is 23.5 Å². The zero-order valence-electron chi connectivity index (χ0n) is 17.0. The maximum Gasteiger partial charge on any atom is 0.209 e. The molecule has 0 atom stereocenters. The van der Waals surface area contributed by atoms with Crippen LogP contribution in [-0.2, 0) is 6.54 Å². The summed E-state index contributed by atoms with van der Waals surface area (Å²) < 4.78 is 29.8. The molecule has 6 nitrogen and oxygen atoms in total. The first kappa shape index (κ1) is 23.5. The highest BCUT2D eigenvalue weighted by atomic mass is 35.5. The monoisotopic (exact) mass is 435 g/mol. The van der Waals surface area contributed by atoms with E-state index in [0.717, 1.165) is 18.2 Å². The number of nitrogens with two attached hydrogens (primary N) is 1. The number of anilines is 1. The summed E-state index contributed by atoms with van der Waals surface area (Å²) in [7, 11) is 0. The molecule has 0 spiro atoms. The molecule has 2 heterocycles. The first-order chi connectivity index (χ1) is 13.8. The van der Waals surface area contributed by atoms with E-state index in [1.807, 2.05) is 20.8 Å². The molecule has 9 heteroatoms. The summed E-state index contributed by atoms with van der Waals surface area (Å²) in [6, 6.07) is 3.20. The lowest BCUT2D eigenvalue weighted by Crippen LogP contribution is -2.23. The molecule has 2 aromatic heterocycles. The number of rotatable bonds is 5. The van der Waals surface area contributed by atoms with E-state index < -0.39 is 17.2 Å². The molecule has 0 saturated heterocycles. The summed E-state index contributed by atoms with van der Waals surface area (Å²) in [5, 5.41) is 10.4. The lowest BCUT2D eigenvalue weighted by atomic mass is 9.98. The summed E-state index contributed by atoms with van der Waals surface area (Å²) in [4.78, 5) is 13.0. The van der Waals surface area contributed by atoms with Gasteiger partial charge in [-0.15, -0.1) is 12.4 Å². The van der Waals surface area contributed by atoms with Gasteiger partial charge >= 0.3 is 0 Å². The second-order valence-electron chi connectivity index (χ2n) is 6.80. The minimum Gasteiger partial charge on any atom is -0.382 e. The van der Waals surface area contributed by atoms with Gasteiger partial charge in [-0.1, -0.05) is 26.7 Å².